The molecule has 3 aromatic heterocycles. The van der Waals surface area contributed by atoms with Crippen LogP contribution in [-0.2, 0) is 0 Å². The number of anilines is 2. The Morgan fingerprint density at radius 1 is 1.22 bits per heavy atom. The van der Waals surface area contributed by atoms with Crippen molar-refractivity contribution in [1.82, 2.24) is 14.9 Å². The van der Waals surface area contributed by atoms with Gasteiger partial charge in [-0.25, -0.2) is 18.7 Å². The summed E-state index contributed by atoms with van der Waals surface area (Å²) in [6.07, 6.45) is -0.908. The van der Waals surface area contributed by atoms with Gasteiger partial charge in [0.15, 0.2) is 0 Å². The van der Waals surface area contributed by atoms with Gasteiger partial charge in [0.2, 0.25) is 0 Å². The van der Waals surface area contributed by atoms with E-state index in [9.17, 15) is 13.6 Å². The van der Waals surface area contributed by atoms with Crippen molar-refractivity contribution in [2.24, 2.45) is 0 Å². The number of halogens is 2. The molecule has 1 fully saturated rings. The lowest BCUT2D eigenvalue weighted by molar-refractivity contribution is 0.102. The van der Waals surface area contributed by atoms with Crippen molar-refractivity contribution in [2.45, 2.75) is 6.43 Å². The summed E-state index contributed by atoms with van der Waals surface area (Å²) >= 11 is 2.44. The fraction of sp³-hybridized carbons (Fsp3) is 0.353. The Hall–Kier alpha value is -2.17. The number of hydrogen-bond acceptors (Lipinski definition) is 7. The number of nitrogens with one attached hydrogen (secondary N) is 1. The lowest BCUT2D eigenvalue weighted by Gasteiger charge is -2.32. The summed E-state index contributed by atoms with van der Waals surface area (Å²) in [4.78, 5) is 26.8. The molecule has 0 spiro atoms. The molecule has 0 aromatic carbocycles. The number of alkyl halides is 2. The number of likely N-dealkylation sites (N-methyl/N-ethyl adjacent to an activating group) is 1. The van der Waals surface area contributed by atoms with Gasteiger partial charge in [-0.1, -0.05) is 0 Å². The molecule has 1 saturated heterocycles. The zero-order chi connectivity index (χ0) is 19.0. The number of carbonyl (C=O) groups is 1. The molecule has 1 N–H and O–H groups in total. The molecule has 10 heteroatoms. The highest BCUT2D eigenvalue weighted by atomic mass is 32.1. The molecule has 0 saturated carbocycles. The Bertz CT molecular complexity index is 965. The molecule has 0 unspecified atom stereocenters. The van der Waals surface area contributed by atoms with E-state index in [0.29, 0.717) is 15.9 Å². The summed E-state index contributed by atoms with van der Waals surface area (Å²) in [5.74, 6) is 0.276. The fourth-order valence-corrected chi connectivity index (χ4v) is 4.52. The van der Waals surface area contributed by atoms with E-state index in [1.807, 2.05) is 0 Å². The van der Waals surface area contributed by atoms with Crippen molar-refractivity contribution in [2.75, 3.05) is 43.4 Å². The van der Waals surface area contributed by atoms with Crippen LogP contribution in [-0.4, -0.2) is 54.0 Å². The average molecular weight is 409 g/mol. The lowest BCUT2D eigenvalue weighted by Crippen LogP contribution is -2.44. The second-order valence-electron chi connectivity index (χ2n) is 6.32. The van der Waals surface area contributed by atoms with Gasteiger partial charge in [-0.3, -0.25) is 4.79 Å². The van der Waals surface area contributed by atoms with Crippen molar-refractivity contribution in [3.8, 4) is 0 Å². The van der Waals surface area contributed by atoms with Gasteiger partial charge in [0, 0.05) is 42.3 Å². The normalized spacial score (nSPS) is 15.6. The van der Waals surface area contributed by atoms with Gasteiger partial charge in [0.05, 0.1) is 23.0 Å². The second-order valence-corrected chi connectivity index (χ2v) is 7.92. The topological polar surface area (TPSA) is 61.4 Å². The van der Waals surface area contributed by atoms with E-state index in [1.165, 1.54) is 22.1 Å². The van der Waals surface area contributed by atoms with Gasteiger partial charge in [-0.15, -0.1) is 22.7 Å². The molecule has 6 nitrogen and oxygen atoms in total. The fourth-order valence-electron chi connectivity index (χ4n) is 2.92. The monoisotopic (exact) mass is 409 g/mol. The Labute approximate surface area is 162 Å². The molecule has 1 aliphatic rings. The first kappa shape index (κ1) is 18.2. The Kier molecular flexibility index (Phi) is 5.02. The molecule has 0 atom stereocenters. The maximum Gasteiger partial charge on any atom is 0.266 e. The number of fused-ring (bicyclic) bond motifs is 1. The minimum absolute atomic E-state index is 0.141. The van der Waals surface area contributed by atoms with E-state index >= 15 is 0 Å². The number of amides is 1. The van der Waals surface area contributed by atoms with Crippen LogP contribution in [0.1, 0.15) is 22.3 Å². The van der Waals surface area contributed by atoms with Gasteiger partial charge in [0.25, 0.3) is 12.3 Å². The molecule has 4 heterocycles. The summed E-state index contributed by atoms with van der Waals surface area (Å²) in [6.45, 7) is 3.56. The van der Waals surface area contributed by atoms with Crippen LogP contribution in [0.4, 0.5) is 20.3 Å². The van der Waals surface area contributed by atoms with E-state index in [2.05, 4.69) is 32.1 Å². The predicted octanol–water partition coefficient (Wildman–Crippen LogP) is 3.69. The number of aromatic nitrogens is 2. The molecular formula is C17H17F2N5OS2. The van der Waals surface area contributed by atoms with Gasteiger partial charge in [0.1, 0.15) is 16.2 Å². The first-order chi connectivity index (χ1) is 13.0. The van der Waals surface area contributed by atoms with Crippen LogP contribution in [0.3, 0.4) is 0 Å². The third-order valence-electron chi connectivity index (χ3n) is 4.52. The number of carbonyl (C=O) groups excluding carboxylic acids is 1. The highest BCUT2D eigenvalue weighted by Crippen LogP contribution is 2.32. The number of piperazine rings is 1. The third-order valence-corrected chi connectivity index (χ3v) is 6.15. The number of thiophene rings is 2. The molecule has 1 aliphatic heterocycles. The zero-order valence-corrected chi connectivity index (χ0v) is 16.1. The van der Waals surface area contributed by atoms with Gasteiger partial charge >= 0.3 is 0 Å². The van der Waals surface area contributed by atoms with Crippen LogP contribution in [0, 0.1) is 0 Å². The van der Waals surface area contributed by atoms with Gasteiger partial charge < -0.3 is 15.1 Å². The minimum atomic E-state index is -2.63. The average Bonchev–Trinajstić information content (AvgIpc) is 3.28. The summed E-state index contributed by atoms with van der Waals surface area (Å²) in [5, 5.41) is 7.10. The lowest BCUT2D eigenvalue weighted by atomic mass is 10.2. The summed E-state index contributed by atoms with van der Waals surface area (Å²) in [7, 11) is 2.08. The minimum Gasteiger partial charge on any atom is -0.353 e. The third kappa shape index (κ3) is 3.64. The Morgan fingerprint density at radius 3 is 2.74 bits per heavy atom. The molecular weight excluding hydrogens is 392 g/mol. The smallest absolute Gasteiger partial charge is 0.266 e. The first-order valence-electron chi connectivity index (χ1n) is 8.36. The van der Waals surface area contributed by atoms with Crippen molar-refractivity contribution in [3.63, 3.8) is 0 Å². The SMILES string of the molecule is CN1CCN(c2cnc3scc(C(=O)Nc4cscc4C(F)F)c3n2)CC1. The van der Waals surface area contributed by atoms with Crippen molar-refractivity contribution in [3.05, 3.63) is 33.5 Å². The Morgan fingerprint density at radius 2 is 2.00 bits per heavy atom. The molecule has 1 amide bonds. The first-order valence-corrected chi connectivity index (χ1v) is 10.2. The highest BCUT2D eigenvalue weighted by molar-refractivity contribution is 7.17. The summed E-state index contributed by atoms with van der Waals surface area (Å²) < 4.78 is 26.0. The molecule has 4 rings (SSSR count). The van der Waals surface area contributed by atoms with Gasteiger partial charge in [-0.2, -0.15) is 0 Å². The molecule has 0 radical (unpaired) electrons. The van der Waals surface area contributed by atoms with E-state index < -0.39 is 12.3 Å². The second kappa shape index (κ2) is 7.45. The van der Waals surface area contributed by atoms with Crippen LogP contribution in [0.5, 0.6) is 0 Å². The quantitative estimate of drug-likeness (QED) is 0.712. The van der Waals surface area contributed by atoms with E-state index in [4.69, 9.17) is 0 Å². The standard InChI is InChI=1S/C17H17F2N5OS2/c1-23-2-4-24(5-3-23)13-6-20-17-14(22-13)11(8-27-17)16(25)21-12-9-26-7-10(12)15(18)19/h6-9,15H,2-5H2,1H3,(H,21,25). The van der Waals surface area contributed by atoms with Crippen LogP contribution >= 0.6 is 22.7 Å². The maximum atomic E-state index is 13.0. The van der Waals surface area contributed by atoms with E-state index in [1.54, 1.807) is 11.6 Å². The van der Waals surface area contributed by atoms with Crippen LogP contribution in [0.25, 0.3) is 10.3 Å². The molecule has 142 valence electrons. The van der Waals surface area contributed by atoms with Crippen LogP contribution < -0.4 is 10.2 Å². The summed E-state index contributed by atoms with van der Waals surface area (Å²) in [5.41, 5.74) is 0.826. The molecule has 0 bridgehead atoms. The number of hydrogen-bond donors (Lipinski definition) is 1. The van der Waals surface area contributed by atoms with Crippen molar-refractivity contribution < 1.29 is 13.6 Å². The van der Waals surface area contributed by atoms with E-state index in [0.717, 1.165) is 43.3 Å². The largest absolute Gasteiger partial charge is 0.353 e. The Balaban J connectivity index is 1.60. The highest BCUT2D eigenvalue weighted by Gasteiger charge is 2.21. The molecule has 0 aliphatic carbocycles. The number of nitrogens with zero attached hydrogens (tertiary/aromatic N) is 4. The van der Waals surface area contributed by atoms with E-state index in [-0.39, 0.29) is 11.3 Å². The molecule has 27 heavy (non-hydrogen) atoms. The predicted molar refractivity (Wildman–Crippen MR) is 104 cm³/mol. The molecule has 3 aromatic rings. The van der Waals surface area contributed by atoms with Gasteiger partial charge in [-0.05, 0) is 7.05 Å². The van der Waals surface area contributed by atoms with Crippen LogP contribution in [0.15, 0.2) is 22.3 Å². The summed E-state index contributed by atoms with van der Waals surface area (Å²) in [6, 6.07) is 0. The number of rotatable bonds is 4. The van der Waals surface area contributed by atoms with Crippen molar-refractivity contribution in [1.29, 1.82) is 0 Å². The zero-order valence-electron chi connectivity index (χ0n) is 14.5. The maximum absolute atomic E-state index is 13.0. The van der Waals surface area contributed by atoms with Crippen molar-refractivity contribution >= 4 is 50.4 Å². The van der Waals surface area contributed by atoms with Crippen LogP contribution in [0.2, 0.25) is 0 Å².